The number of thiazole rings is 1. The number of anilines is 2. The number of nitrogens with one attached hydrogen (secondary N) is 1. The largest absolute Gasteiger partial charge is 0.371 e. The molecule has 8 nitrogen and oxygen atoms in total. The fourth-order valence-corrected chi connectivity index (χ4v) is 5.38. The van der Waals surface area contributed by atoms with E-state index in [2.05, 4.69) is 15.2 Å². The molecule has 2 heterocycles. The second-order valence-corrected chi connectivity index (χ2v) is 10.7. The summed E-state index contributed by atoms with van der Waals surface area (Å²) in [5.41, 5.74) is 6.94. The lowest BCUT2D eigenvalue weighted by molar-refractivity contribution is 0.100. The molecule has 162 valence electrons. The minimum absolute atomic E-state index is 0.0200. The number of nitrogens with zero attached hydrogens (tertiary/aromatic N) is 2. The van der Waals surface area contributed by atoms with Crippen molar-refractivity contribution in [2.75, 3.05) is 29.6 Å². The Balaban J connectivity index is 1.68. The normalized spacial score (nSPS) is 14.2. The van der Waals surface area contributed by atoms with E-state index in [1.54, 1.807) is 18.2 Å². The molecular weight excluding hydrogens is 460 g/mol. The van der Waals surface area contributed by atoms with Crippen LogP contribution in [0.15, 0.2) is 35.2 Å². The van der Waals surface area contributed by atoms with Crippen molar-refractivity contribution >= 4 is 65.6 Å². The molecule has 3 aromatic rings. The zero-order chi connectivity index (χ0) is 22.3. The van der Waals surface area contributed by atoms with Gasteiger partial charge in [-0.1, -0.05) is 22.9 Å². The fraction of sp³-hybridized carbons (Fsp3) is 0.250. The molecule has 0 unspecified atom stereocenters. The molecule has 1 aliphatic heterocycles. The van der Waals surface area contributed by atoms with Gasteiger partial charge in [0.05, 0.1) is 31.3 Å². The molecule has 0 aliphatic carbocycles. The van der Waals surface area contributed by atoms with Gasteiger partial charge in [-0.05, 0) is 43.2 Å². The second kappa shape index (κ2) is 8.10. The molecule has 1 fully saturated rings. The van der Waals surface area contributed by atoms with Gasteiger partial charge in [-0.3, -0.25) is 14.9 Å². The zero-order valence-electron chi connectivity index (χ0n) is 16.5. The molecule has 1 saturated heterocycles. The summed E-state index contributed by atoms with van der Waals surface area (Å²) in [5, 5.41) is 2.96. The third-order valence-electron chi connectivity index (χ3n) is 5.05. The molecule has 2 amide bonds. The predicted octanol–water partition coefficient (Wildman–Crippen LogP) is 3.30. The topological polar surface area (TPSA) is 122 Å². The van der Waals surface area contributed by atoms with Crippen molar-refractivity contribution in [3.05, 3.63) is 46.5 Å². The van der Waals surface area contributed by atoms with Crippen LogP contribution in [0.25, 0.3) is 10.2 Å². The number of rotatable bonds is 5. The predicted molar refractivity (Wildman–Crippen MR) is 122 cm³/mol. The maximum Gasteiger partial charge on any atom is 0.259 e. The van der Waals surface area contributed by atoms with E-state index in [0.29, 0.717) is 15.9 Å². The van der Waals surface area contributed by atoms with Crippen LogP contribution in [0, 0.1) is 0 Å². The Labute approximate surface area is 187 Å². The number of primary amides is 1. The molecule has 0 bridgehead atoms. The molecule has 1 aliphatic rings. The van der Waals surface area contributed by atoms with Crippen molar-refractivity contribution in [3.63, 3.8) is 0 Å². The lowest BCUT2D eigenvalue weighted by atomic mass is 10.1. The minimum Gasteiger partial charge on any atom is -0.371 e. The summed E-state index contributed by atoms with van der Waals surface area (Å²) in [4.78, 5) is 31.4. The molecular formula is C20H19ClN4O4S2. The highest BCUT2D eigenvalue weighted by Crippen LogP contribution is 2.32. The number of hydrogen-bond acceptors (Lipinski definition) is 7. The SMILES string of the molecule is CS(=O)(=O)c1ccc2nc(NC(=O)c3cc(N4CCCC4)cc(C(N)=O)c3Cl)sc2c1. The first-order valence-electron chi connectivity index (χ1n) is 9.44. The van der Waals surface area contributed by atoms with E-state index < -0.39 is 21.7 Å². The standard InChI is InChI=1S/C20H19ClN4O4S2/c1-31(28,29)12-4-5-15-16(10-12)30-20(23-15)24-19(27)14-9-11(25-6-2-3-7-25)8-13(17(14)21)18(22)26/h4-5,8-10H,2-3,6-7H2,1H3,(H2,22,26)(H,23,24,27). The minimum atomic E-state index is -3.36. The van der Waals surface area contributed by atoms with Crippen LogP contribution in [-0.2, 0) is 9.84 Å². The maximum absolute atomic E-state index is 13.0. The van der Waals surface area contributed by atoms with Crippen LogP contribution in [0.2, 0.25) is 5.02 Å². The number of nitrogens with two attached hydrogens (primary N) is 1. The van der Waals surface area contributed by atoms with Crippen LogP contribution in [0.3, 0.4) is 0 Å². The van der Waals surface area contributed by atoms with Gasteiger partial charge in [0.25, 0.3) is 5.91 Å². The average molecular weight is 479 g/mol. The number of fused-ring (bicyclic) bond motifs is 1. The fourth-order valence-electron chi connectivity index (χ4n) is 3.47. The van der Waals surface area contributed by atoms with Gasteiger partial charge in [-0.2, -0.15) is 0 Å². The Bertz CT molecular complexity index is 1310. The first kappa shape index (κ1) is 21.5. The van der Waals surface area contributed by atoms with Crippen molar-refractivity contribution in [2.24, 2.45) is 5.73 Å². The summed E-state index contributed by atoms with van der Waals surface area (Å²) in [6, 6.07) is 7.83. The van der Waals surface area contributed by atoms with Crippen molar-refractivity contribution in [1.29, 1.82) is 0 Å². The molecule has 11 heteroatoms. The monoisotopic (exact) mass is 478 g/mol. The summed E-state index contributed by atoms with van der Waals surface area (Å²) < 4.78 is 24.2. The highest BCUT2D eigenvalue weighted by Gasteiger charge is 2.23. The number of amides is 2. The molecule has 1 aromatic heterocycles. The van der Waals surface area contributed by atoms with Gasteiger partial charge in [-0.25, -0.2) is 13.4 Å². The summed E-state index contributed by atoms with van der Waals surface area (Å²) in [6.45, 7) is 1.64. The van der Waals surface area contributed by atoms with Crippen molar-refractivity contribution in [3.8, 4) is 0 Å². The highest BCUT2D eigenvalue weighted by molar-refractivity contribution is 7.90. The molecule has 4 rings (SSSR count). The van der Waals surface area contributed by atoms with Gasteiger partial charge >= 0.3 is 0 Å². The third kappa shape index (κ3) is 4.36. The number of benzene rings is 2. The van der Waals surface area contributed by atoms with E-state index in [4.69, 9.17) is 17.3 Å². The molecule has 2 aromatic carbocycles. The van der Waals surface area contributed by atoms with Crippen molar-refractivity contribution in [1.82, 2.24) is 4.98 Å². The highest BCUT2D eigenvalue weighted by atomic mass is 35.5. The summed E-state index contributed by atoms with van der Waals surface area (Å²) in [6.07, 6.45) is 3.18. The Kier molecular flexibility index (Phi) is 5.63. The smallest absolute Gasteiger partial charge is 0.259 e. The second-order valence-electron chi connectivity index (χ2n) is 7.29. The molecule has 0 radical (unpaired) electrons. The van der Waals surface area contributed by atoms with Gasteiger partial charge in [0, 0.05) is 25.0 Å². The molecule has 0 atom stereocenters. The molecule has 31 heavy (non-hydrogen) atoms. The summed E-state index contributed by atoms with van der Waals surface area (Å²) in [7, 11) is -3.36. The van der Waals surface area contributed by atoms with E-state index in [-0.39, 0.29) is 26.2 Å². The van der Waals surface area contributed by atoms with Crippen LogP contribution in [0.4, 0.5) is 10.8 Å². The Hall–Kier alpha value is -2.69. The Morgan fingerprint density at radius 2 is 1.84 bits per heavy atom. The number of carbonyl (C=O) groups excluding carboxylic acids is 2. The molecule has 3 N–H and O–H groups in total. The number of sulfone groups is 1. The first-order chi connectivity index (χ1) is 14.6. The van der Waals surface area contributed by atoms with Crippen LogP contribution in [0.5, 0.6) is 0 Å². The van der Waals surface area contributed by atoms with Crippen LogP contribution < -0.4 is 16.0 Å². The van der Waals surface area contributed by atoms with E-state index in [0.717, 1.165) is 43.5 Å². The van der Waals surface area contributed by atoms with Gasteiger partial charge in [0.1, 0.15) is 0 Å². The van der Waals surface area contributed by atoms with E-state index >= 15 is 0 Å². The zero-order valence-corrected chi connectivity index (χ0v) is 18.9. The van der Waals surface area contributed by atoms with E-state index in [1.807, 2.05) is 0 Å². The number of halogens is 1. The summed E-state index contributed by atoms with van der Waals surface area (Å²) in [5.74, 6) is -1.25. The van der Waals surface area contributed by atoms with Gasteiger partial charge in [0.15, 0.2) is 15.0 Å². The third-order valence-corrected chi connectivity index (χ3v) is 7.50. The van der Waals surface area contributed by atoms with Crippen molar-refractivity contribution < 1.29 is 18.0 Å². The van der Waals surface area contributed by atoms with Crippen LogP contribution in [-0.4, -0.2) is 44.6 Å². The number of carbonyl (C=O) groups is 2. The molecule has 0 saturated carbocycles. The van der Waals surface area contributed by atoms with Crippen LogP contribution in [0.1, 0.15) is 33.6 Å². The Morgan fingerprint density at radius 3 is 2.48 bits per heavy atom. The lowest BCUT2D eigenvalue weighted by Crippen LogP contribution is -2.22. The maximum atomic E-state index is 13.0. The lowest BCUT2D eigenvalue weighted by Gasteiger charge is -2.20. The molecule has 0 spiro atoms. The van der Waals surface area contributed by atoms with E-state index in [9.17, 15) is 18.0 Å². The van der Waals surface area contributed by atoms with Gasteiger partial charge in [0.2, 0.25) is 5.91 Å². The van der Waals surface area contributed by atoms with E-state index in [1.165, 1.54) is 12.1 Å². The number of aromatic nitrogens is 1. The summed E-state index contributed by atoms with van der Waals surface area (Å²) >= 11 is 7.47. The first-order valence-corrected chi connectivity index (χ1v) is 12.5. The quantitative estimate of drug-likeness (QED) is 0.580. The van der Waals surface area contributed by atoms with Crippen molar-refractivity contribution in [2.45, 2.75) is 17.7 Å². The average Bonchev–Trinajstić information content (AvgIpc) is 3.35. The van der Waals surface area contributed by atoms with Gasteiger partial charge in [-0.15, -0.1) is 0 Å². The number of hydrogen-bond donors (Lipinski definition) is 2. The Morgan fingerprint density at radius 1 is 1.16 bits per heavy atom. The van der Waals surface area contributed by atoms with Gasteiger partial charge < -0.3 is 10.6 Å². The van der Waals surface area contributed by atoms with Crippen LogP contribution >= 0.6 is 22.9 Å².